The molecule has 0 unspecified atom stereocenters. The number of benzene rings is 2. The SMILES string of the molecule is Cc1cc(OCC2CN(C(=O)c3cc4c(cc3F)OCCN4)C2)ccc1F. The number of nitrogens with one attached hydrogen (secondary N) is 1. The molecule has 1 amide bonds. The van der Waals surface area contributed by atoms with Crippen molar-refractivity contribution >= 4 is 11.6 Å². The van der Waals surface area contributed by atoms with Crippen molar-refractivity contribution in [3.8, 4) is 11.5 Å². The molecule has 2 aromatic rings. The lowest BCUT2D eigenvalue weighted by molar-refractivity contribution is 0.0389. The molecule has 27 heavy (non-hydrogen) atoms. The van der Waals surface area contributed by atoms with Gasteiger partial charge in [0.15, 0.2) is 0 Å². The molecule has 1 N–H and O–H groups in total. The van der Waals surface area contributed by atoms with Gasteiger partial charge in [0.05, 0.1) is 17.9 Å². The summed E-state index contributed by atoms with van der Waals surface area (Å²) in [6, 6.07) is 7.37. The van der Waals surface area contributed by atoms with Crippen LogP contribution < -0.4 is 14.8 Å². The molecule has 0 saturated carbocycles. The Balaban J connectivity index is 1.34. The van der Waals surface area contributed by atoms with Gasteiger partial charge in [0.25, 0.3) is 5.91 Å². The lowest BCUT2D eigenvalue weighted by atomic mass is 9.99. The highest BCUT2D eigenvalue weighted by Gasteiger charge is 2.33. The molecule has 5 nitrogen and oxygen atoms in total. The number of anilines is 1. The Kier molecular flexibility index (Phi) is 4.59. The van der Waals surface area contributed by atoms with Crippen LogP contribution in [0.15, 0.2) is 30.3 Å². The molecule has 2 heterocycles. The van der Waals surface area contributed by atoms with E-state index in [9.17, 15) is 13.6 Å². The molecule has 1 saturated heterocycles. The van der Waals surface area contributed by atoms with Gasteiger partial charge in [-0.05, 0) is 36.8 Å². The van der Waals surface area contributed by atoms with E-state index in [0.717, 1.165) is 0 Å². The van der Waals surface area contributed by atoms with Crippen LogP contribution in [0.3, 0.4) is 0 Å². The number of aryl methyl sites for hydroxylation is 1. The van der Waals surface area contributed by atoms with E-state index in [-0.39, 0.29) is 23.2 Å². The van der Waals surface area contributed by atoms with Gasteiger partial charge in [-0.2, -0.15) is 0 Å². The maximum Gasteiger partial charge on any atom is 0.256 e. The second-order valence-corrected chi connectivity index (χ2v) is 6.90. The van der Waals surface area contributed by atoms with Gasteiger partial charge in [0.1, 0.15) is 29.7 Å². The highest BCUT2D eigenvalue weighted by molar-refractivity contribution is 5.96. The summed E-state index contributed by atoms with van der Waals surface area (Å²) in [6.45, 7) is 4.20. The van der Waals surface area contributed by atoms with Gasteiger partial charge < -0.3 is 19.7 Å². The van der Waals surface area contributed by atoms with Gasteiger partial charge in [-0.15, -0.1) is 0 Å². The summed E-state index contributed by atoms with van der Waals surface area (Å²) in [4.78, 5) is 14.2. The van der Waals surface area contributed by atoms with Crippen LogP contribution in [-0.2, 0) is 0 Å². The Morgan fingerprint density at radius 2 is 2.07 bits per heavy atom. The Morgan fingerprint density at radius 1 is 1.26 bits per heavy atom. The number of ether oxygens (including phenoxy) is 2. The van der Waals surface area contributed by atoms with E-state index in [2.05, 4.69) is 5.32 Å². The summed E-state index contributed by atoms with van der Waals surface area (Å²) < 4.78 is 38.6. The third-order valence-corrected chi connectivity index (χ3v) is 4.83. The van der Waals surface area contributed by atoms with Crippen LogP contribution in [0, 0.1) is 24.5 Å². The van der Waals surface area contributed by atoms with Crippen molar-refractivity contribution in [1.82, 2.24) is 4.90 Å². The molecular formula is C20H20F2N2O3. The largest absolute Gasteiger partial charge is 0.493 e. The lowest BCUT2D eigenvalue weighted by Crippen LogP contribution is -2.52. The average Bonchev–Trinajstić information content (AvgIpc) is 2.62. The number of hydrogen-bond donors (Lipinski definition) is 1. The predicted molar refractivity (Wildman–Crippen MR) is 96.4 cm³/mol. The minimum atomic E-state index is -0.580. The summed E-state index contributed by atoms with van der Waals surface area (Å²) in [5, 5.41) is 3.11. The summed E-state index contributed by atoms with van der Waals surface area (Å²) in [5.74, 6) is 0.0157. The van der Waals surface area contributed by atoms with E-state index in [0.29, 0.717) is 55.6 Å². The first-order valence-electron chi connectivity index (χ1n) is 8.89. The monoisotopic (exact) mass is 374 g/mol. The summed E-state index contributed by atoms with van der Waals surface area (Å²) in [7, 11) is 0. The molecule has 0 radical (unpaired) electrons. The van der Waals surface area contributed by atoms with Crippen LogP contribution in [0.4, 0.5) is 14.5 Å². The molecule has 2 aromatic carbocycles. The molecule has 142 valence electrons. The van der Waals surface area contributed by atoms with Crippen molar-refractivity contribution in [3.63, 3.8) is 0 Å². The molecule has 0 bridgehead atoms. The molecule has 0 atom stereocenters. The van der Waals surface area contributed by atoms with Crippen molar-refractivity contribution in [2.45, 2.75) is 6.92 Å². The number of hydrogen-bond acceptors (Lipinski definition) is 4. The maximum absolute atomic E-state index is 14.3. The smallest absolute Gasteiger partial charge is 0.256 e. The lowest BCUT2D eigenvalue weighted by Gasteiger charge is -2.39. The fraction of sp³-hybridized carbons (Fsp3) is 0.350. The second-order valence-electron chi connectivity index (χ2n) is 6.90. The zero-order valence-electron chi connectivity index (χ0n) is 14.9. The van der Waals surface area contributed by atoms with E-state index >= 15 is 0 Å². The van der Waals surface area contributed by atoms with Crippen LogP contribution in [-0.4, -0.2) is 43.7 Å². The molecule has 1 fully saturated rings. The summed E-state index contributed by atoms with van der Waals surface area (Å²) in [5.41, 5.74) is 1.21. The van der Waals surface area contributed by atoms with E-state index in [4.69, 9.17) is 9.47 Å². The first-order valence-corrected chi connectivity index (χ1v) is 8.89. The van der Waals surface area contributed by atoms with Gasteiger partial charge in [0.2, 0.25) is 0 Å². The fourth-order valence-corrected chi connectivity index (χ4v) is 3.26. The standard InChI is InChI=1S/C20H20F2N2O3/c1-12-6-14(2-3-16(12)21)27-11-13-9-24(10-13)20(25)15-7-18-19(8-17(15)22)26-5-4-23-18/h2-3,6-8,13,23H,4-5,9-11H2,1H3. The van der Waals surface area contributed by atoms with E-state index in [1.807, 2.05) is 0 Å². The van der Waals surface area contributed by atoms with Gasteiger partial charge in [0, 0.05) is 31.6 Å². The first-order chi connectivity index (χ1) is 13.0. The van der Waals surface area contributed by atoms with E-state index < -0.39 is 5.82 Å². The van der Waals surface area contributed by atoms with Gasteiger partial charge in [-0.1, -0.05) is 0 Å². The Bertz CT molecular complexity index is 882. The molecule has 2 aliphatic heterocycles. The van der Waals surface area contributed by atoms with Gasteiger partial charge >= 0.3 is 0 Å². The summed E-state index contributed by atoms with van der Waals surface area (Å²) in [6.07, 6.45) is 0. The van der Waals surface area contributed by atoms with Crippen LogP contribution >= 0.6 is 0 Å². The molecule has 0 aliphatic carbocycles. The molecular weight excluding hydrogens is 354 g/mol. The normalized spacial score (nSPS) is 16.0. The zero-order valence-corrected chi connectivity index (χ0v) is 14.9. The first kappa shape index (κ1) is 17.6. The number of halogens is 2. The van der Waals surface area contributed by atoms with Crippen molar-refractivity contribution < 1.29 is 23.0 Å². The quantitative estimate of drug-likeness (QED) is 0.893. The van der Waals surface area contributed by atoms with Crippen molar-refractivity contribution in [3.05, 3.63) is 53.1 Å². The fourth-order valence-electron chi connectivity index (χ4n) is 3.26. The highest BCUT2D eigenvalue weighted by atomic mass is 19.1. The van der Waals surface area contributed by atoms with Gasteiger partial charge in [-0.25, -0.2) is 8.78 Å². The van der Waals surface area contributed by atoms with Crippen LogP contribution in [0.2, 0.25) is 0 Å². The maximum atomic E-state index is 14.3. The number of fused-ring (bicyclic) bond motifs is 1. The van der Waals surface area contributed by atoms with Crippen molar-refractivity contribution in [1.29, 1.82) is 0 Å². The van der Waals surface area contributed by atoms with Crippen LogP contribution in [0.1, 0.15) is 15.9 Å². The Labute approximate surface area is 155 Å². The number of rotatable bonds is 4. The second kappa shape index (κ2) is 7.06. The van der Waals surface area contributed by atoms with Crippen LogP contribution in [0.25, 0.3) is 0 Å². The number of nitrogens with zero attached hydrogens (tertiary/aromatic N) is 1. The molecule has 0 aromatic heterocycles. The van der Waals surface area contributed by atoms with Crippen molar-refractivity contribution in [2.75, 3.05) is 38.2 Å². The molecule has 7 heteroatoms. The average molecular weight is 374 g/mol. The minimum Gasteiger partial charge on any atom is -0.493 e. The third kappa shape index (κ3) is 3.54. The molecule has 2 aliphatic rings. The van der Waals surface area contributed by atoms with Crippen LogP contribution in [0.5, 0.6) is 11.5 Å². The van der Waals surface area contributed by atoms with Gasteiger partial charge in [-0.3, -0.25) is 4.79 Å². The number of likely N-dealkylation sites (tertiary alicyclic amines) is 1. The number of carbonyl (C=O) groups excluding carboxylic acids is 1. The number of amides is 1. The highest BCUT2D eigenvalue weighted by Crippen LogP contribution is 2.31. The van der Waals surface area contributed by atoms with Crippen molar-refractivity contribution in [2.24, 2.45) is 5.92 Å². The summed E-state index contributed by atoms with van der Waals surface area (Å²) >= 11 is 0. The van der Waals surface area contributed by atoms with E-state index in [1.54, 1.807) is 24.0 Å². The molecule has 4 rings (SSSR count). The van der Waals surface area contributed by atoms with E-state index in [1.165, 1.54) is 18.2 Å². The third-order valence-electron chi connectivity index (χ3n) is 4.83. The Hall–Kier alpha value is -2.83. The topological polar surface area (TPSA) is 50.8 Å². The number of carbonyl (C=O) groups is 1. The zero-order chi connectivity index (χ0) is 19.0. The Morgan fingerprint density at radius 3 is 2.85 bits per heavy atom. The molecule has 0 spiro atoms. The predicted octanol–water partition coefficient (Wildman–Crippen LogP) is 3.23. The minimum absolute atomic E-state index is 0.0419.